The zero-order valence-electron chi connectivity index (χ0n) is 20.6. The van der Waals surface area contributed by atoms with Crippen LogP contribution >= 0.6 is 11.6 Å². The number of benzene rings is 2. The Morgan fingerprint density at radius 1 is 0.875 bits per heavy atom. The van der Waals surface area contributed by atoms with E-state index in [1.807, 2.05) is 18.2 Å². The molecule has 2 aromatic rings. The lowest BCUT2D eigenvalue weighted by molar-refractivity contribution is 0.123. The number of aliphatic hydroxyl groups excluding tert-OH is 1. The molecule has 0 saturated carbocycles. The number of alkyl halides is 1. The first-order chi connectivity index (χ1) is 15.3. The van der Waals surface area contributed by atoms with E-state index in [4.69, 9.17) is 25.8 Å². The molecule has 5 heteroatoms. The minimum absolute atomic E-state index is 0.0199. The van der Waals surface area contributed by atoms with E-state index in [1.165, 1.54) is 5.56 Å². The molecule has 0 radical (unpaired) electrons. The summed E-state index contributed by atoms with van der Waals surface area (Å²) in [6.07, 6.45) is 1.51. The molecule has 32 heavy (non-hydrogen) atoms. The molecule has 0 aliphatic rings. The molecule has 0 spiro atoms. The molecule has 2 rings (SSSR count). The van der Waals surface area contributed by atoms with Crippen LogP contribution in [0.4, 0.5) is 0 Å². The summed E-state index contributed by atoms with van der Waals surface area (Å²) in [6, 6.07) is 12.3. The fourth-order valence-electron chi connectivity index (χ4n) is 4.38. The third-order valence-corrected chi connectivity index (χ3v) is 7.52. The standard InChI is InChI=1S/C27H39ClO4/c1-8-18(3)27(5,19(4)9-2)23-12-10-20(14-25(23)30-6)21-11-13-24(26(15-21)31-7)32-17-22(29)16-28/h10-15,18-19,22,29H,8-9,16-17H2,1-7H3. The van der Waals surface area contributed by atoms with E-state index in [-0.39, 0.29) is 17.9 Å². The summed E-state index contributed by atoms with van der Waals surface area (Å²) in [5.41, 5.74) is 3.33. The summed E-state index contributed by atoms with van der Waals surface area (Å²) < 4.78 is 17.1. The first-order valence-electron chi connectivity index (χ1n) is 11.5. The highest BCUT2D eigenvalue weighted by Crippen LogP contribution is 2.47. The number of rotatable bonds is 12. The molecule has 0 fully saturated rings. The van der Waals surface area contributed by atoms with Gasteiger partial charge in [0, 0.05) is 11.0 Å². The maximum absolute atomic E-state index is 9.67. The summed E-state index contributed by atoms with van der Waals surface area (Å²) in [5.74, 6) is 3.27. The number of halogens is 1. The number of hydrogen-bond donors (Lipinski definition) is 1. The summed E-state index contributed by atoms with van der Waals surface area (Å²) in [4.78, 5) is 0. The summed E-state index contributed by atoms with van der Waals surface area (Å²) in [5, 5.41) is 9.67. The molecule has 3 atom stereocenters. The van der Waals surface area contributed by atoms with Gasteiger partial charge in [0.05, 0.1) is 20.1 Å². The molecule has 1 N–H and O–H groups in total. The van der Waals surface area contributed by atoms with Crippen molar-refractivity contribution in [1.82, 2.24) is 0 Å². The SMILES string of the molecule is CCC(C)C(C)(c1ccc(-c2ccc(OCC(O)CCl)c(OC)c2)cc1OC)C(C)CC. The highest BCUT2D eigenvalue weighted by atomic mass is 35.5. The van der Waals surface area contributed by atoms with Crippen LogP contribution in [0.25, 0.3) is 11.1 Å². The Morgan fingerprint density at radius 2 is 1.41 bits per heavy atom. The highest BCUT2D eigenvalue weighted by molar-refractivity contribution is 6.18. The highest BCUT2D eigenvalue weighted by Gasteiger charge is 2.38. The van der Waals surface area contributed by atoms with Crippen LogP contribution in [0.3, 0.4) is 0 Å². The van der Waals surface area contributed by atoms with Crippen LogP contribution in [0.2, 0.25) is 0 Å². The van der Waals surface area contributed by atoms with Gasteiger partial charge in [0.1, 0.15) is 18.5 Å². The zero-order valence-corrected chi connectivity index (χ0v) is 21.3. The molecule has 178 valence electrons. The van der Waals surface area contributed by atoms with E-state index in [9.17, 15) is 5.11 Å². The van der Waals surface area contributed by atoms with E-state index in [1.54, 1.807) is 14.2 Å². The van der Waals surface area contributed by atoms with E-state index in [0.29, 0.717) is 23.3 Å². The minimum atomic E-state index is -0.719. The van der Waals surface area contributed by atoms with Crippen molar-refractivity contribution in [3.05, 3.63) is 42.0 Å². The van der Waals surface area contributed by atoms with E-state index >= 15 is 0 Å². The van der Waals surface area contributed by atoms with Gasteiger partial charge < -0.3 is 19.3 Å². The van der Waals surface area contributed by atoms with Crippen molar-refractivity contribution in [2.75, 3.05) is 26.7 Å². The van der Waals surface area contributed by atoms with E-state index in [0.717, 1.165) is 29.7 Å². The molecule has 0 heterocycles. The zero-order chi connectivity index (χ0) is 23.9. The van der Waals surface area contributed by atoms with Crippen LogP contribution in [0, 0.1) is 11.8 Å². The summed E-state index contributed by atoms with van der Waals surface area (Å²) in [7, 11) is 3.35. The summed E-state index contributed by atoms with van der Waals surface area (Å²) in [6.45, 7) is 11.7. The van der Waals surface area contributed by atoms with Gasteiger partial charge in [-0.15, -0.1) is 11.6 Å². The van der Waals surface area contributed by atoms with Crippen molar-refractivity contribution in [2.45, 2.75) is 59.0 Å². The first-order valence-corrected chi connectivity index (χ1v) is 12.0. The van der Waals surface area contributed by atoms with Crippen LogP contribution < -0.4 is 14.2 Å². The van der Waals surface area contributed by atoms with Gasteiger partial charge in [-0.3, -0.25) is 0 Å². The van der Waals surface area contributed by atoms with Gasteiger partial charge in [0.2, 0.25) is 0 Å². The number of methoxy groups -OCH3 is 2. The van der Waals surface area contributed by atoms with E-state index in [2.05, 4.69) is 52.8 Å². The van der Waals surface area contributed by atoms with Crippen molar-refractivity contribution in [2.24, 2.45) is 11.8 Å². The van der Waals surface area contributed by atoms with Gasteiger partial charge in [-0.05, 0) is 41.2 Å². The maximum atomic E-state index is 9.67. The molecule has 4 nitrogen and oxygen atoms in total. The maximum Gasteiger partial charge on any atom is 0.161 e. The molecule has 3 unspecified atom stereocenters. The van der Waals surface area contributed by atoms with Crippen LogP contribution in [0.15, 0.2) is 36.4 Å². The summed E-state index contributed by atoms with van der Waals surface area (Å²) >= 11 is 5.65. The Bertz CT molecular complexity index is 857. The third-order valence-electron chi connectivity index (χ3n) is 7.16. The van der Waals surface area contributed by atoms with Crippen LogP contribution in [-0.4, -0.2) is 37.9 Å². The van der Waals surface area contributed by atoms with Crippen LogP contribution in [-0.2, 0) is 5.41 Å². The third kappa shape index (κ3) is 5.52. The van der Waals surface area contributed by atoms with Crippen LogP contribution in [0.5, 0.6) is 17.2 Å². The number of aliphatic hydroxyl groups is 1. The Kier molecular flexibility index (Phi) is 9.72. The van der Waals surface area contributed by atoms with Gasteiger partial charge >= 0.3 is 0 Å². The molecular weight excluding hydrogens is 424 g/mol. The van der Waals surface area contributed by atoms with Crippen LogP contribution in [0.1, 0.15) is 53.0 Å². The average molecular weight is 463 g/mol. The molecular formula is C27H39ClO4. The fraction of sp³-hybridized carbons (Fsp3) is 0.556. The average Bonchev–Trinajstić information content (AvgIpc) is 2.84. The Morgan fingerprint density at radius 3 is 1.91 bits per heavy atom. The van der Waals surface area contributed by atoms with Gasteiger partial charge in [-0.25, -0.2) is 0 Å². The second-order valence-corrected chi connectivity index (χ2v) is 9.11. The molecule has 0 amide bonds. The monoisotopic (exact) mass is 462 g/mol. The molecule has 0 saturated heterocycles. The molecule has 0 aromatic heterocycles. The fourth-order valence-corrected chi connectivity index (χ4v) is 4.47. The predicted octanol–water partition coefficient (Wildman–Crippen LogP) is 6.70. The largest absolute Gasteiger partial charge is 0.496 e. The topological polar surface area (TPSA) is 47.9 Å². The minimum Gasteiger partial charge on any atom is -0.496 e. The lowest BCUT2D eigenvalue weighted by atomic mass is 9.63. The lowest BCUT2D eigenvalue weighted by Crippen LogP contribution is -2.37. The lowest BCUT2D eigenvalue weighted by Gasteiger charge is -2.42. The van der Waals surface area contributed by atoms with Crippen molar-refractivity contribution in [1.29, 1.82) is 0 Å². The smallest absolute Gasteiger partial charge is 0.161 e. The van der Waals surface area contributed by atoms with Crippen molar-refractivity contribution in [3.8, 4) is 28.4 Å². The van der Waals surface area contributed by atoms with Gasteiger partial charge in [0.25, 0.3) is 0 Å². The molecule has 0 aliphatic heterocycles. The first kappa shape index (κ1) is 26.3. The van der Waals surface area contributed by atoms with Gasteiger partial charge in [-0.2, -0.15) is 0 Å². The van der Waals surface area contributed by atoms with Crippen molar-refractivity contribution in [3.63, 3.8) is 0 Å². The number of ether oxygens (including phenoxy) is 3. The second-order valence-electron chi connectivity index (χ2n) is 8.80. The Balaban J connectivity index is 2.46. The molecule has 2 aromatic carbocycles. The van der Waals surface area contributed by atoms with Crippen molar-refractivity contribution < 1.29 is 19.3 Å². The molecule has 0 bridgehead atoms. The predicted molar refractivity (Wildman–Crippen MR) is 133 cm³/mol. The quantitative estimate of drug-likeness (QED) is 0.356. The van der Waals surface area contributed by atoms with Gasteiger partial charge in [0.15, 0.2) is 11.5 Å². The second kappa shape index (κ2) is 11.8. The van der Waals surface area contributed by atoms with Gasteiger partial charge in [-0.1, -0.05) is 65.7 Å². The Hall–Kier alpha value is -1.91. The molecule has 0 aliphatic carbocycles. The Labute approximate surface area is 198 Å². The number of hydrogen-bond acceptors (Lipinski definition) is 4. The normalized spacial score (nSPS) is 16.0. The van der Waals surface area contributed by atoms with Crippen molar-refractivity contribution >= 4 is 11.6 Å². The van der Waals surface area contributed by atoms with E-state index < -0.39 is 6.10 Å².